The Hall–Kier alpha value is -3.61. The number of benzene rings is 2. The molecule has 42 heavy (non-hydrogen) atoms. The highest BCUT2D eigenvalue weighted by atomic mass is 31.2. The average molecular weight is 602 g/mol. The second kappa shape index (κ2) is 11.6. The first-order chi connectivity index (χ1) is 19.9. The normalized spacial score (nSPS) is 25.2. The van der Waals surface area contributed by atoms with Crippen LogP contribution in [-0.2, 0) is 23.4 Å². The van der Waals surface area contributed by atoms with Gasteiger partial charge in [0.15, 0.2) is 11.9 Å². The molecule has 3 heterocycles. The van der Waals surface area contributed by atoms with E-state index in [2.05, 4.69) is 15.1 Å². The molecule has 0 spiro atoms. The number of fused-ring (bicyclic) bond motifs is 2. The zero-order chi connectivity index (χ0) is 30.2. The Labute approximate surface area is 241 Å². The van der Waals surface area contributed by atoms with Gasteiger partial charge in [0.1, 0.15) is 41.8 Å². The Morgan fingerprint density at radius 3 is 2.71 bits per heavy atom. The maximum Gasteiger partial charge on any atom is 0.459 e. The summed E-state index contributed by atoms with van der Waals surface area (Å²) in [5, 5.41) is 15.7. The molecule has 0 amide bonds. The first-order valence-electron chi connectivity index (χ1n) is 13.4. The van der Waals surface area contributed by atoms with Crippen LogP contribution >= 0.6 is 7.75 Å². The van der Waals surface area contributed by atoms with Gasteiger partial charge in [-0.05, 0) is 45.2 Å². The van der Waals surface area contributed by atoms with Crippen molar-refractivity contribution in [2.45, 2.75) is 63.9 Å². The minimum Gasteiger partial charge on any atom is -0.465 e. The molecular formula is C28H33FN5O7P. The Morgan fingerprint density at radius 2 is 1.95 bits per heavy atom. The second-order valence-electron chi connectivity index (χ2n) is 10.2. The number of nitrogens with zero attached hydrogens (tertiary/aromatic N) is 3. The van der Waals surface area contributed by atoms with Crippen LogP contribution in [0.2, 0.25) is 0 Å². The van der Waals surface area contributed by atoms with Crippen LogP contribution in [0.5, 0.6) is 5.75 Å². The molecule has 2 aromatic heterocycles. The number of aliphatic hydroxyl groups is 1. The van der Waals surface area contributed by atoms with Crippen LogP contribution in [-0.4, -0.2) is 62.2 Å². The lowest BCUT2D eigenvalue weighted by molar-refractivity contribution is -0.144. The Morgan fingerprint density at radius 1 is 1.21 bits per heavy atom. The van der Waals surface area contributed by atoms with Gasteiger partial charge in [0.25, 0.3) is 0 Å². The SMILES string of the molecule is CCOC(=O)[C@H](C)NP(=O)(Oc1cccc2ccccc12)OC(C)[C@H]1O[C@@H](n2ccc3c(N)ncnc32)[C@](C)(F)[C@@H]1O. The van der Waals surface area contributed by atoms with Crippen molar-refractivity contribution < 1.29 is 37.4 Å². The van der Waals surface area contributed by atoms with E-state index < -0.39 is 50.0 Å². The van der Waals surface area contributed by atoms with Crippen molar-refractivity contribution >= 4 is 41.3 Å². The standard InChI is InChI=1S/C28H33FN5O7P/c1-5-38-26(36)16(2)33-42(37,41-21-12-8-10-18-9-6-7-11-19(18)21)40-17(3)22-23(35)28(4,29)27(39-22)34-14-13-20-24(30)31-15-32-25(20)34/h6-17,22-23,27,35H,5H2,1-4H3,(H,33,37)(H2,30,31,32)/t16-,17?,22+,23+,27+,28+,42?/m0/s1. The number of ether oxygens (including phenoxy) is 2. The number of carbonyl (C=O) groups is 1. The third kappa shape index (κ3) is 5.58. The lowest BCUT2D eigenvalue weighted by Gasteiger charge is -2.29. The number of nitrogens with two attached hydrogens (primary N) is 1. The number of halogens is 1. The average Bonchev–Trinajstić information content (AvgIpc) is 3.47. The lowest BCUT2D eigenvalue weighted by atomic mass is 9.96. The summed E-state index contributed by atoms with van der Waals surface area (Å²) in [5.41, 5.74) is 3.93. The summed E-state index contributed by atoms with van der Waals surface area (Å²) in [6.45, 7) is 5.87. The fourth-order valence-electron chi connectivity index (χ4n) is 5.03. The number of carbonyl (C=O) groups excluding carboxylic acids is 1. The molecule has 2 aromatic carbocycles. The number of aliphatic hydroxyl groups excluding tert-OH is 1. The van der Waals surface area contributed by atoms with Crippen molar-refractivity contribution in [2.24, 2.45) is 0 Å². The predicted molar refractivity (Wildman–Crippen MR) is 153 cm³/mol. The molecule has 1 saturated heterocycles. The summed E-state index contributed by atoms with van der Waals surface area (Å²) in [5.74, 6) is -0.242. The van der Waals surface area contributed by atoms with Gasteiger partial charge in [0, 0.05) is 11.6 Å². The van der Waals surface area contributed by atoms with Crippen molar-refractivity contribution in [3.63, 3.8) is 0 Å². The maximum absolute atomic E-state index is 16.1. The Kier molecular flexibility index (Phi) is 8.23. The van der Waals surface area contributed by atoms with Crippen LogP contribution in [0.25, 0.3) is 21.8 Å². The van der Waals surface area contributed by atoms with Gasteiger partial charge in [0.2, 0.25) is 0 Å². The number of nitrogen functional groups attached to an aromatic ring is 1. The summed E-state index contributed by atoms with van der Waals surface area (Å²) in [4.78, 5) is 20.6. The van der Waals surface area contributed by atoms with Crippen LogP contribution < -0.4 is 15.3 Å². The summed E-state index contributed by atoms with van der Waals surface area (Å²) in [6.07, 6.45) is -2.75. The zero-order valence-corrected chi connectivity index (χ0v) is 24.4. The highest BCUT2D eigenvalue weighted by Crippen LogP contribution is 2.51. The van der Waals surface area contributed by atoms with Gasteiger partial charge >= 0.3 is 13.7 Å². The van der Waals surface area contributed by atoms with Crippen molar-refractivity contribution in [1.82, 2.24) is 19.6 Å². The Balaban J connectivity index is 1.44. The van der Waals surface area contributed by atoms with Gasteiger partial charge in [-0.15, -0.1) is 0 Å². The van der Waals surface area contributed by atoms with Gasteiger partial charge in [-0.1, -0.05) is 36.4 Å². The van der Waals surface area contributed by atoms with Crippen LogP contribution in [0.3, 0.4) is 0 Å². The monoisotopic (exact) mass is 601 g/mol. The summed E-state index contributed by atoms with van der Waals surface area (Å²) >= 11 is 0. The highest BCUT2D eigenvalue weighted by Gasteiger charge is 2.57. The van der Waals surface area contributed by atoms with E-state index in [4.69, 9.17) is 24.3 Å². The molecule has 0 aliphatic carbocycles. The van der Waals surface area contributed by atoms with E-state index in [1.54, 1.807) is 37.3 Å². The summed E-state index contributed by atoms with van der Waals surface area (Å²) < 4.78 is 54.7. The van der Waals surface area contributed by atoms with Crippen molar-refractivity contribution in [2.75, 3.05) is 12.3 Å². The van der Waals surface area contributed by atoms with Crippen molar-refractivity contribution in [3.8, 4) is 5.75 Å². The lowest BCUT2D eigenvalue weighted by Crippen LogP contribution is -2.44. The van der Waals surface area contributed by atoms with E-state index in [-0.39, 0.29) is 18.2 Å². The smallest absolute Gasteiger partial charge is 0.459 e. The molecular weight excluding hydrogens is 568 g/mol. The summed E-state index contributed by atoms with van der Waals surface area (Å²) in [6, 6.07) is 13.0. The van der Waals surface area contributed by atoms with Crippen LogP contribution in [0.1, 0.15) is 33.9 Å². The van der Waals surface area contributed by atoms with Crippen LogP contribution in [0, 0.1) is 0 Å². The molecule has 4 N–H and O–H groups in total. The van der Waals surface area contributed by atoms with Gasteiger partial charge in [-0.3, -0.25) is 9.32 Å². The number of esters is 1. The third-order valence-electron chi connectivity index (χ3n) is 7.18. The maximum atomic E-state index is 16.1. The number of hydrogen-bond acceptors (Lipinski definition) is 10. The van der Waals surface area contributed by atoms with E-state index in [1.165, 1.54) is 37.9 Å². The first-order valence-corrected chi connectivity index (χ1v) is 15.0. The molecule has 224 valence electrons. The van der Waals surface area contributed by atoms with Crippen molar-refractivity contribution in [1.29, 1.82) is 0 Å². The van der Waals surface area contributed by atoms with Gasteiger partial charge in [0.05, 0.1) is 18.1 Å². The second-order valence-corrected chi connectivity index (χ2v) is 11.9. The van der Waals surface area contributed by atoms with E-state index in [1.807, 2.05) is 18.2 Å². The number of anilines is 1. The molecule has 1 fully saturated rings. The molecule has 2 unspecified atom stereocenters. The van der Waals surface area contributed by atoms with Gasteiger partial charge < -0.3 is 29.4 Å². The molecule has 7 atom stereocenters. The van der Waals surface area contributed by atoms with E-state index in [0.29, 0.717) is 16.4 Å². The fraction of sp³-hybridized carbons (Fsp3) is 0.393. The highest BCUT2D eigenvalue weighted by molar-refractivity contribution is 7.52. The molecule has 14 heteroatoms. The number of hydrogen-bond donors (Lipinski definition) is 3. The number of nitrogens with one attached hydrogen (secondary N) is 1. The topological polar surface area (TPSA) is 160 Å². The number of alkyl halides is 1. The van der Waals surface area contributed by atoms with Crippen molar-refractivity contribution in [3.05, 3.63) is 61.1 Å². The van der Waals surface area contributed by atoms with E-state index in [9.17, 15) is 14.5 Å². The molecule has 5 rings (SSSR count). The molecule has 0 radical (unpaired) electrons. The van der Waals surface area contributed by atoms with Crippen LogP contribution in [0.4, 0.5) is 10.2 Å². The molecule has 12 nitrogen and oxygen atoms in total. The Bertz CT molecular complexity index is 1640. The molecule has 0 saturated carbocycles. The molecule has 4 aromatic rings. The quantitative estimate of drug-likeness (QED) is 0.176. The fourth-order valence-corrected chi connectivity index (χ4v) is 6.74. The zero-order valence-electron chi connectivity index (χ0n) is 23.5. The minimum absolute atomic E-state index is 0.111. The molecule has 1 aliphatic rings. The number of aromatic nitrogens is 3. The van der Waals surface area contributed by atoms with E-state index >= 15 is 4.39 Å². The predicted octanol–water partition coefficient (Wildman–Crippen LogP) is 4.29. The largest absolute Gasteiger partial charge is 0.465 e. The summed E-state index contributed by atoms with van der Waals surface area (Å²) in [7, 11) is -4.39. The number of rotatable bonds is 10. The van der Waals surface area contributed by atoms with Gasteiger partial charge in [-0.2, -0.15) is 5.09 Å². The van der Waals surface area contributed by atoms with E-state index in [0.717, 1.165) is 5.39 Å². The van der Waals surface area contributed by atoms with Crippen LogP contribution in [0.15, 0.2) is 61.1 Å². The molecule has 0 bridgehead atoms. The van der Waals surface area contributed by atoms with Gasteiger partial charge in [-0.25, -0.2) is 18.9 Å². The minimum atomic E-state index is -4.39. The third-order valence-corrected chi connectivity index (χ3v) is 8.93. The molecule has 1 aliphatic heterocycles. The first kappa shape index (κ1) is 29.9.